The van der Waals surface area contributed by atoms with Crippen molar-refractivity contribution in [2.24, 2.45) is 4.99 Å². The number of nitrogens with one attached hydrogen (secondary N) is 2. The highest BCUT2D eigenvalue weighted by Crippen LogP contribution is 2.41. The third-order valence-electron chi connectivity index (χ3n) is 6.27. The molecule has 0 spiro atoms. The first kappa shape index (κ1) is 24.9. The van der Waals surface area contributed by atoms with E-state index in [4.69, 9.17) is 4.99 Å². The highest BCUT2D eigenvalue weighted by molar-refractivity contribution is 14.0. The maximum absolute atomic E-state index is 5.05. The van der Waals surface area contributed by atoms with Gasteiger partial charge in [-0.25, -0.2) is 0 Å². The molecule has 1 aliphatic heterocycles. The predicted molar refractivity (Wildman–Crippen MR) is 137 cm³/mol. The molecule has 0 unspecified atom stereocenters. The van der Waals surface area contributed by atoms with Crippen LogP contribution in [0.25, 0.3) is 0 Å². The number of thiophene rings is 1. The predicted octanol–water partition coefficient (Wildman–Crippen LogP) is 3.76. The molecule has 0 amide bonds. The summed E-state index contributed by atoms with van der Waals surface area (Å²) in [4.78, 5) is 11.6. The van der Waals surface area contributed by atoms with Crippen LogP contribution in [-0.2, 0) is 5.41 Å². The number of likely N-dealkylation sites (N-methyl/N-ethyl adjacent to an activating group) is 1. The maximum atomic E-state index is 5.05. The van der Waals surface area contributed by atoms with E-state index in [1.165, 1.54) is 69.6 Å². The molecule has 5 nitrogen and oxygen atoms in total. The van der Waals surface area contributed by atoms with Crippen LogP contribution in [0.3, 0.4) is 0 Å². The standard InChI is InChI=1S/C22H39N5S.HI/c1-3-23-21(24-12-15-27-14-8-13-26(2)16-17-27)25-19-22(10-5-4-6-11-22)20-9-7-18-28-20;/h7,9,18H,3-6,8,10-17,19H2,1-2H3,(H2,23,24,25);1H. The van der Waals surface area contributed by atoms with E-state index in [0.29, 0.717) is 0 Å². The molecule has 1 aliphatic carbocycles. The van der Waals surface area contributed by atoms with Crippen molar-refractivity contribution >= 4 is 41.3 Å². The van der Waals surface area contributed by atoms with E-state index >= 15 is 0 Å². The molecule has 0 aromatic carbocycles. The molecular weight excluding hydrogens is 493 g/mol. The van der Waals surface area contributed by atoms with Gasteiger partial charge in [0.25, 0.3) is 0 Å². The lowest BCUT2D eigenvalue weighted by Gasteiger charge is -2.35. The van der Waals surface area contributed by atoms with Crippen molar-refractivity contribution < 1.29 is 0 Å². The lowest BCUT2D eigenvalue weighted by Crippen LogP contribution is -2.43. The van der Waals surface area contributed by atoms with Gasteiger partial charge in [0, 0.05) is 43.0 Å². The van der Waals surface area contributed by atoms with Crippen LogP contribution in [0.5, 0.6) is 0 Å². The Hall–Kier alpha value is -0.380. The zero-order chi connectivity index (χ0) is 19.7. The Morgan fingerprint density at radius 3 is 2.66 bits per heavy atom. The van der Waals surface area contributed by atoms with Crippen LogP contribution in [0.2, 0.25) is 0 Å². The van der Waals surface area contributed by atoms with E-state index in [-0.39, 0.29) is 29.4 Å². The molecule has 2 N–H and O–H groups in total. The zero-order valence-electron chi connectivity index (χ0n) is 18.3. The van der Waals surface area contributed by atoms with Gasteiger partial charge in [-0.3, -0.25) is 4.99 Å². The van der Waals surface area contributed by atoms with Crippen LogP contribution < -0.4 is 10.6 Å². The molecule has 0 bridgehead atoms. The van der Waals surface area contributed by atoms with Crippen molar-refractivity contribution in [1.29, 1.82) is 0 Å². The van der Waals surface area contributed by atoms with Gasteiger partial charge in [0.2, 0.25) is 0 Å². The second-order valence-electron chi connectivity index (χ2n) is 8.44. The number of halogens is 1. The maximum Gasteiger partial charge on any atom is 0.191 e. The fourth-order valence-electron chi connectivity index (χ4n) is 4.52. The van der Waals surface area contributed by atoms with E-state index in [9.17, 15) is 0 Å². The first-order valence-corrected chi connectivity index (χ1v) is 12.1. The Morgan fingerprint density at radius 1 is 1.10 bits per heavy atom. The van der Waals surface area contributed by atoms with Crippen molar-refractivity contribution in [2.45, 2.75) is 50.9 Å². The van der Waals surface area contributed by atoms with Gasteiger partial charge in [0.1, 0.15) is 0 Å². The van der Waals surface area contributed by atoms with Crippen LogP contribution in [0.15, 0.2) is 22.5 Å². The van der Waals surface area contributed by atoms with E-state index in [1.54, 1.807) is 0 Å². The molecule has 1 aromatic rings. The molecule has 1 aromatic heterocycles. The Kier molecular flexibility index (Phi) is 11.3. The van der Waals surface area contributed by atoms with Crippen molar-refractivity contribution in [2.75, 3.05) is 59.4 Å². The first-order chi connectivity index (χ1) is 13.7. The number of rotatable bonds is 7. The summed E-state index contributed by atoms with van der Waals surface area (Å²) in [6.07, 6.45) is 7.87. The van der Waals surface area contributed by atoms with Gasteiger partial charge in [0.15, 0.2) is 5.96 Å². The zero-order valence-corrected chi connectivity index (χ0v) is 21.4. The highest BCUT2D eigenvalue weighted by atomic mass is 127. The summed E-state index contributed by atoms with van der Waals surface area (Å²) >= 11 is 1.91. The Morgan fingerprint density at radius 2 is 1.93 bits per heavy atom. The van der Waals surface area contributed by atoms with Gasteiger partial charge >= 0.3 is 0 Å². The molecule has 0 radical (unpaired) electrons. The van der Waals surface area contributed by atoms with Crippen molar-refractivity contribution in [3.05, 3.63) is 22.4 Å². The summed E-state index contributed by atoms with van der Waals surface area (Å²) in [5.41, 5.74) is 0.254. The average Bonchev–Trinajstić information content (AvgIpc) is 3.18. The Balaban J connectivity index is 0.00000300. The molecule has 1 saturated heterocycles. The molecule has 29 heavy (non-hydrogen) atoms. The number of hydrogen-bond donors (Lipinski definition) is 2. The van der Waals surface area contributed by atoms with Crippen molar-refractivity contribution in [3.63, 3.8) is 0 Å². The van der Waals surface area contributed by atoms with Gasteiger partial charge in [-0.15, -0.1) is 35.3 Å². The largest absolute Gasteiger partial charge is 0.357 e. The van der Waals surface area contributed by atoms with Gasteiger partial charge in [0.05, 0.1) is 6.54 Å². The summed E-state index contributed by atoms with van der Waals surface area (Å²) in [6.45, 7) is 10.8. The third kappa shape index (κ3) is 7.67. The van der Waals surface area contributed by atoms with Gasteiger partial charge in [-0.05, 0) is 57.8 Å². The number of nitrogens with zero attached hydrogens (tertiary/aromatic N) is 3. The van der Waals surface area contributed by atoms with E-state index in [1.807, 2.05) is 11.3 Å². The lowest BCUT2D eigenvalue weighted by atomic mass is 9.73. The second kappa shape index (κ2) is 13.1. The third-order valence-corrected chi connectivity index (χ3v) is 7.39. The minimum atomic E-state index is 0. The van der Waals surface area contributed by atoms with Crippen molar-refractivity contribution in [1.82, 2.24) is 20.4 Å². The van der Waals surface area contributed by atoms with Crippen LogP contribution in [0, 0.1) is 0 Å². The minimum absolute atomic E-state index is 0. The fourth-order valence-corrected chi connectivity index (χ4v) is 5.50. The lowest BCUT2D eigenvalue weighted by molar-refractivity contribution is 0.279. The summed E-state index contributed by atoms with van der Waals surface area (Å²) in [5.74, 6) is 0.982. The molecule has 2 aliphatic rings. The van der Waals surface area contributed by atoms with Crippen LogP contribution in [-0.4, -0.2) is 75.2 Å². The number of guanidine groups is 1. The van der Waals surface area contributed by atoms with E-state index < -0.39 is 0 Å². The summed E-state index contributed by atoms with van der Waals surface area (Å²) in [6, 6.07) is 4.52. The van der Waals surface area contributed by atoms with Gasteiger partial charge in [-0.1, -0.05) is 25.3 Å². The Labute approximate surface area is 198 Å². The quantitative estimate of drug-likeness (QED) is 0.318. The Bertz CT molecular complexity index is 586. The summed E-state index contributed by atoms with van der Waals surface area (Å²) < 4.78 is 0. The number of hydrogen-bond acceptors (Lipinski definition) is 4. The normalized spacial score (nSPS) is 21.2. The fraction of sp³-hybridized carbons (Fsp3) is 0.773. The topological polar surface area (TPSA) is 42.9 Å². The van der Waals surface area contributed by atoms with Crippen LogP contribution >= 0.6 is 35.3 Å². The second-order valence-corrected chi connectivity index (χ2v) is 9.39. The molecule has 166 valence electrons. The molecule has 2 heterocycles. The van der Waals surface area contributed by atoms with Gasteiger partial charge < -0.3 is 20.4 Å². The molecule has 2 fully saturated rings. The highest BCUT2D eigenvalue weighted by Gasteiger charge is 2.34. The number of aliphatic imine (C=N–C) groups is 1. The summed E-state index contributed by atoms with van der Waals surface area (Å²) in [5, 5.41) is 9.27. The van der Waals surface area contributed by atoms with Crippen LogP contribution in [0.4, 0.5) is 0 Å². The SMILES string of the molecule is CCNC(=NCC1(c2cccs2)CCCCC1)NCCN1CCCN(C)CC1.I. The first-order valence-electron chi connectivity index (χ1n) is 11.2. The van der Waals surface area contributed by atoms with Crippen LogP contribution in [0.1, 0.15) is 50.3 Å². The minimum Gasteiger partial charge on any atom is -0.357 e. The monoisotopic (exact) mass is 533 g/mol. The molecule has 1 saturated carbocycles. The summed E-state index contributed by atoms with van der Waals surface area (Å²) in [7, 11) is 2.23. The molecule has 7 heteroatoms. The molecule has 0 atom stereocenters. The molecule has 3 rings (SSSR count). The molecular formula is C22H40IN5S. The van der Waals surface area contributed by atoms with E-state index in [2.05, 4.69) is 51.9 Å². The average molecular weight is 534 g/mol. The van der Waals surface area contributed by atoms with Crippen molar-refractivity contribution in [3.8, 4) is 0 Å². The smallest absolute Gasteiger partial charge is 0.191 e. The van der Waals surface area contributed by atoms with Gasteiger partial charge in [-0.2, -0.15) is 0 Å². The van der Waals surface area contributed by atoms with E-state index in [0.717, 1.165) is 32.1 Å².